The quantitative estimate of drug-likeness (QED) is 0.826. The third-order valence-corrected chi connectivity index (χ3v) is 2.24. The Balaban J connectivity index is 2.74. The van der Waals surface area contributed by atoms with Crippen molar-refractivity contribution in [2.45, 2.75) is 0 Å². The molecular formula is C9H7Cl2NO3. The van der Waals surface area contributed by atoms with Gasteiger partial charge >= 0.3 is 5.97 Å². The SMILES string of the molecule is NC(=O)COC(=O)c1ccc(Cl)c(Cl)c1. The van der Waals surface area contributed by atoms with Gasteiger partial charge in [-0.15, -0.1) is 0 Å². The summed E-state index contributed by atoms with van der Waals surface area (Å²) in [6.45, 7) is -0.459. The number of primary amides is 1. The van der Waals surface area contributed by atoms with Crippen LogP contribution < -0.4 is 5.73 Å². The Bertz CT molecular complexity index is 406. The van der Waals surface area contributed by atoms with Gasteiger partial charge in [-0.25, -0.2) is 4.79 Å². The topological polar surface area (TPSA) is 69.4 Å². The van der Waals surface area contributed by atoms with Crippen LogP contribution in [0, 0.1) is 0 Å². The van der Waals surface area contributed by atoms with Gasteiger partial charge in [-0.2, -0.15) is 0 Å². The Labute approximate surface area is 95.9 Å². The molecule has 0 atom stereocenters. The van der Waals surface area contributed by atoms with Crippen molar-refractivity contribution in [1.82, 2.24) is 0 Å². The maximum Gasteiger partial charge on any atom is 0.338 e. The highest BCUT2D eigenvalue weighted by atomic mass is 35.5. The number of ether oxygens (including phenoxy) is 1. The number of carbonyl (C=O) groups excluding carboxylic acids is 2. The predicted octanol–water partition coefficient (Wildman–Crippen LogP) is 1.64. The van der Waals surface area contributed by atoms with Gasteiger partial charge in [0, 0.05) is 0 Å². The van der Waals surface area contributed by atoms with Crippen LogP contribution >= 0.6 is 23.2 Å². The third-order valence-electron chi connectivity index (χ3n) is 1.50. The van der Waals surface area contributed by atoms with Gasteiger partial charge in [-0.1, -0.05) is 23.2 Å². The maximum atomic E-state index is 11.3. The summed E-state index contributed by atoms with van der Waals surface area (Å²) in [6, 6.07) is 4.26. The van der Waals surface area contributed by atoms with Crippen LogP contribution in [0.4, 0.5) is 0 Å². The number of amides is 1. The maximum absolute atomic E-state index is 11.3. The van der Waals surface area contributed by atoms with Crippen molar-refractivity contribution in [3.63, 3.8) is 0 Å². The number of carbonyl (C=O) groups is 2. The van der Waals surface area contributed by atoms with Crippen LogP contribution in [0.5, 0.6) is 0 Å². The Morgan fingerprint density at radius 1 is 1.27 bits per heavy atom. The average Bonchev–Trinajstić information content (AvgIpc) is 2.18. The summed E-state index contributed by atoms with van der Waals surface area (Å²) in [6.07, 6.45) is 0. The lowest BCUT2D eigenvalue weighted by atomic mass is 10.2. The fourth-order valence-corrected chi connectivity index (χ4v) is 1.14. The summed E-state index contributed by atoms with van der Waals surface area (Å²) in [5.74, 6) is -1.39. The van der Waals surface area contributed by atoms with Crippen LogP contribution in [0.1, 0.15) is 10.4 Å². The molecule has 1 amide bonds. The second kappa shape index (κ2) is 5.00. The van der Waals surface area contributed by atoms with E-state index in [-0.39, 0.29) is 10.6 Å². The summed E-state index contributed by atoms with van der Waals surface area (Å²) >= 11 is 11.3. The van der Waals surface area contributed by atoms with Crippen LogP contribution in [0.2, 0.25) is 10.0 Å². The molecule has 0 bridgehead atoms. The number of hydrogen-bond donors (Lipinski definition) is 1. The fourth-order valence-electron chi connectivity index (χ4n) is 0.843. The second-order valence-electron chi connectivity index (χ2n) is 2.67. The number of benzene rings is 1. The van der Waals surface area contributed by atoms with Gasteiger partial charge in [-0.05, 0) is 18.2 Å². The average molecular weight is 248 g/mol. The normalized spacial score (nSPS) is 9.73. The van der Waals surface area contributed by atoms with Gasteiger partial charge < -0.3 is 10.5 Å². The molecule has 1 aromatic carbocycles. The molecule has 0 unspecified atom stereocenters. The minimum absolute atomic E-state index is 0.214. The van der Waals surface area contributed by atoms with Crippen LogP contribution in [-0.4, -0.2) is 18.5 Å². The molecule has 0 aliphatic heterocycles. The predicted molar refractivity (Wildman–Crippen MR) is 55.9 cm³/mol. The van der Waals surface area contributed by atoms with Crippen molar-refractivity contribution >= 4 is 35.1 Å². The first-order valence-electron chi connectivity index (χ1n) is 3.91. The van der Waals surface area contributed by atoms with E-state index in [9.17, 15) is 9.59 Å². The second-order valence-corrected chi connectivity index (χ2v) is 3.49. The van der Waals surface area contributed by atoms with Crippen molar-refractivity contribution < 1.29 is 14.3 Å². The number of rotatable bonds is 3. The van der Waals surface area contributed by atoms with Gasteiger partial charge in [0.1, 0.15) is 0 Å². The lowest BCUT2D eigenvalue weighted by Gasteiger charge is -2.03. The molecular weight excluding hydrogens is 241 g/mol. The van der Waals surface area contributed by atoms with E-state index in [1.54, 1.807) is 0 Å². The molecule has 0 saturated heterocycles. The molecule has 0 aliphatic rings. The molecule has 0 heterocycles. The Morgan fingerprint density at radius 3 is 2.47 bits per heavy atom. The lowest BCUT2D eigenvalue weighted by Crippen LogP contribution is -2.20. The van der Waals surface area contributed by atoms with E-state index in [1.165, 1.54) is 18.2 Å². The first kappa shape index (κ1) is 11.8. The van der Waals surface area contributed by atoms with Gasteiger partial charge in [0.25, 0.3) is 5.91 Å². The lowest BCUT2D eigenvalue weighted by molar-refractivity contribution is -0.121. The van der Waals surface area contributed by atoms with Crippen molar-refractivity contribution in [1.29, 1.82) is 0 Å². The molecule has 2 N–H and O–H groups in total. The molecule has 0 fully saturated rings. The zero-order chi connectivity index (χ0) is 11.4. The molecule has 4 nitrogen and oxygen atoms in total. The standard InChI is InChI=1S/C9H7Cl2NO3/c10-6-2-1-5(3-7(6)11)9(14)15-4-8(12)13/h1-3H,4H2,(H2,12,13). The fraction of sp³-hybridized carbons (Fsp3) is 0.111. The summed E-state index contributed by atoms with van der Waals surface area (Å²) in [4.78, 5) is 21.6. The highest BCUT2D eigenvalue weighted by molar-refractivity contribution is 6.42. The first-order chi connectivity index (χ1) is 7.00. The van der Waals surface area contributed by atoms with Crippen molar-refractivity contribution in [2.75, 3.05) is 6.61 Å². The largest absolute Gasteiger partial charge is 0.452 e. The smallest absolute Gasteiger partial charge is 0.338 e. The zero-order valence-corrected chi connectivity index (χ0v) is 9.01. The Kier molecular flexibility index (Phi) is 3.94. The number of halogens is 2. The number of nitrogens with two attached hydrogens (primary N) is 1. The summed E-state index contributed by atoms with van der Waals surface area (Å²) < 4.78 is 4.57. The van der Waals surface area contributed by atoms with E-state index < -0.39 is 18.5 Å². The molecule has 0 saturated carbocycles. The van der Waals surface area contributed by atoms with E-state index in [4.69, 9.17) is 28.9 Å². The van der Waals surface area contributed by atoms with Crippen molar-refractivity contribution in [3.8, 4) is 0 Å². The van der Waals surface area contributed by atoms with E-state index in [0.29, 0.717) is 5.02 Å². The molecule has 1 rings (SSSR count). The first-order valence-corrected chi connectivity index (χ1v) is 4.67. The van der Waals surface area contributed by atoms with Gasteiger partial charge in [0.2, 0.25) is 0 Å². The van der Waals surface area contributed by atoms with Gasteiger partial charge in [-0.3, -0.25) is 4.79 Å². The van der Waals surface area contributed by atoms with Crippen LogP contribution in [-0.2, 0) is 9.53 Å². The molecule has 0 radical (unpaired) electrons. The molecule has 0 aliphatic carbocycles. The van der Waals surface area contributed by atoms with E-state index in [2.05, 4.69) is 4.74 Å². The van der Waals surface area contributed by atoms with E-state index in [1.807, 2.05) is 0 Å². The highest BCUT2D eigenvalue weighted by Gasteiger charge is 2.10. The van der Waals surface area contributed by atoms with Gasteiger partial charge in [0.05, 0.1) is 15.6 Å². The molecule has 80 valence electrons. The van der Waals surface area contributed by atoms with Crippen molar-refractivity contribution in [2.24, 2.45) is 5.73 Å². The molecule has 0 spiro atoms. The Morgan fingerprint density at radius 2 is 1.93 bits per heavy atom. The molecule has 1 aromatic rings. The van der Waals surface area contributed by atoms with Crippen LogP contribution in [0.3, 0.4) is 0 Å². The van der Waals surface area contributed by atoms with Gasteiger partial charge in [0.15, 0.2) is 6.61 Å². The van der Waals surface area contributed by atoms with E-state index in [0.717, 1.165) is 0 Å². The molecule has 15 heavy (non-hydrogen) atoms. The Hall–Kier alpha value is -1.26. The summed E-state index contributed by atoms with van der Waals surface area (Å²) in [7, 11) is 0. The van der Waals surface area contributed by atoms with E-state index >= 15 is 0 Å². The monoisotopic (exact) mass is 247 g/mol. The number of esters is 1. The number of hydrogen-bond acceptors (Lipinski definition) is 3. The zero-order valence-electron chi connectivity index (χ0n) is 7.50. The summed E-state index contributed by atoms with van der Waals surface area (Å²) in [5, 5.41) is 0.577. The summed E-state index contributed by atoms with van der Waals surface area (Å²) in [5.41, 5.74) is 5.02. The molecule has 6 heteroatoms. The van der Waals surface area contributed by atoms with Crippen LogP contribution in [0.15, 0.2) is 18.2 Å². The minimum Gasteiger partial charge on any atom is -0.452 e. The van der Waals surface area contributed by atoms with Crippen molar-refractivity contribution in [3.05, 3.63) is 33.8 Å². The highest BCUT2D eigenvalue weighted by Crippen LogP contribution is 2.22. The third kappa shape index (κ3) is 3.42. The molecule has 0 aromatic heterocycles. The van der Waals surface area contributed by atoms with Crippen LogP contribution in [0.25, 0.3) is 0 Å². The minimum atomic E-state index is -0.719.